The van der Waals surface area contributed by atoms with Gasteiger partial charge in [0.2, 0.25) is 5.91 Å². The number of aromatic amines is 1. The van der Waals surface area contributed by atoms with Crippen LogP contribution in [-0.2, 0) is 11.8 Å². The van der Waals surface area contributed by atoms with Gasteiger partial charge in [0.25, 0.3) is 5.56 Å². The normalized spacial score (nSPS) is 15.3. The fraction of sp³-hybridized carbons (Fsp3) is 0.350. The van der Waals surface area contributed by atoms with Crippen LogP contribution in [0.2, 0.25) is 0 Å². The van der Waals surface area contributed by atoms with E-state index in [1.807, 2.05) is 23.1 Å². The number of rotatable bonds is 4. The molecule has 1 aromatic carbocycles. The van der Waals surface area contributed by atoms with Crippen LogP contribution < -0.4 is 5.56 Å². The highest BCUT2D eigenvalue weighted by Gasteiger charge is 2.26. The topological polar surface area (TPSA) is 96.8 Å². The first-order valence-corrected chi connectivity index (χ1v) is 11.6. The summed E-state index contributed by atoms with van der Waals surface area (Å²) in [6.07, 6.45) is 3.34. The van der Waals surface area contributed by atoms with Gasteiger partial charge >= 0.3 is 0 Å². The molecule has 4 aromatic rings. The van der Waals surface area contributed by atoms with E-state index in [4.69, 9.17) is 4.98 Å². The van der Waals surface area contributed by atoms with Crippen molar-refractivity contribution in [2.75, 3.05) is 18.8 Å². The van der Waals surface area contributed by atoms with E-state index in [9.17, 15) is 9.59 Å². The SMILES string of the molecule is Cn1ncc2c(=O)[nH]c(SCC(=O)N3CCC(c4nc5ccccc5s4)CC3)nc21. The molecule has 10 heteroatoms. The number of para-hydroxylation sites is 1. The predicted octanol–water partition coefficient (Wildman–Crippen LogP) is 2.76. The van der Waals surface area contributed by atoms with Gasteiger partial charge in [-0.2, -0.15) is 5.10 Å². The van der Waals surface area contributed by atoms with Gasteiger partial charge in [-0.1, -0.05) is 23.9 Å². The summed E-state index contributed by atoms with van der Waals surface area (Å²) in [5, 5.41) is 6.12. The van der Waals surface area contributed by atoms with Crippen molar-refractivity contribution in [3.05, 3.63) is 45.8 Å². The van der Waals surface area contributed by atoms with Crippen molar-refractivity contribution in [2.45, 2.75) is 23.9 Å². The van der Waals surface area contributed by atoms with Crippen LogP contribution in [0.4, 0.5) is 0 Å². The molecule has 0 aliphatic carbocycles. The fourth-order valence-electron chi connectivity index (χ4n) is 3.74. The molecule has 1 fully saturated rings. The van der Waals surface area contributed by atoms with E-state index in [-0.39, 0.29) is 17.2 Å². The van der Waals surface area contributed by atoms with Crippen molar-refractivity contribution in [1.29, 1.82) is 0 Å². The van der Waals surface area contributed by atoms with Crippen LogP contribution in [0, 0.1) is 0 Å². The lowest BCUT2D eigenvalue weighted by molar-refractivity contribution is -0.129. The Morgan fingerprint density at radius 3 is 2.87 bits per heavy atom. The van der Waals surface area contributed by atoms with E-state index in [1.54, 1.807) is 23.1 Å². The lowest BCUT2D eigenvalue weighted by Crippen LogP contribution is -2.39. The van der Waals surface area contributed by atoms with E-state index in [1.165, 1.54) is 27.7 Å². The number of likely N-dealkylation sites (tertiary alicyclic amines) is 1. The van der Waals surface area contributed by atoms with E-state index in [2.05, 4.69) is 21.1 Å². The predicted molar refractivity (Wildman–Crippen MR) is 118 cm³/mol. The molecule has 0 radical (unpaired) electrons. The van der Waals surface area contributed by atoms with Gasteiger partial charge in [-0.15, -0.1) is 11.3 Å². The molecule has 0 spiro atoms. The van der Waals surface area contributed by atoms with Crippen LogP contribution in [0.15, 0.2) is 40.4 Å². The van der Waals surface area contributed by atoms with Crippen LogP contribution in [0.1, 0.15) is 23.8 Å². The standard InChI is InChI=1S/C20H20N6O2S2/c1-25-17-13(10-21-25)18(28)24-20(23-17)29-11-16(27)26-8-6-12(7-9-26)19-22-14-4-2-3-5-15(14)30-19/h2-5,10,12H,6-9,11H2,1H3,(H,23,24,28). The molecule has 0 atom stereocenters. The molecule has 1 aliphatic rings. The van der Waals surface area contributed by atoms with Gasteiger partial charge in [0, 0.05) is 26.1 Å². The lowest BCUT2D eigenvalue weighted by atomic mass is 9.97. The molecule has 4 heterocycles. The minimum Gasteiger partial charge on any atom is -0.342 e. The Kier molecular flexibility index (Phi) is 5.03. The second-order valence-corrected chi connectivity index (χ2v) is 9.37. The fourth-order valence-corrected chi connectivity index (χ4v) is 5.64. The average Bonchev–Trinajstić information content (AvgIpc) is 3.36. The number of benzene rings is 1. The summed E-state index contributed by atoms with van der Waals surface area (Å²) in [6.45, 7) is 1.45. The number of aryl methyl sites for hydroxylation is 1. The monoisotopic (exact) mass is 440 g/mol. The molecule has 30 heavy (non-hydrogen) atoms. The summed E-state index contributed by atoms with van der Waals surface area (Å²) in [4.78, 5) is 38.6. The molecule has 154 valence electrons. The zero-order valence-electron chi connectivity index (χ0n) is 16.4. The molecule has 1 N–H and O–H groups in total. The maximum atomic E-state index is 12.7. The Morgan fingerprint density at radius 1 is 1.27 bits per heavy atom. The van der Waals surface area contributed by atoms with Crippen molar-refractivity contribution >= 4 is 50.3 Å². The Morgan fingerprint density at radius 2 is 2.07 bits per heavy atom. The van der Waals surface area contributed by atoms with E-state index >= 15 is 0 Å². The highest BCUT2D eigenvalue weighted by Crippen LogP contribution is 2.34. The molecule has 0 bridgehead atoms. The number of aromatic nitrogens is 5. The molecular formula is C20H20N6O2S2. The summed E-state index contributed by atoms with van der Waals surface area (Å²) in [6, 6.07) is 8.20. The number of hydrogen-bond donors (Lipinski definition) is 1. The van der Waals surface area contributed by atoms with Crippen molar-refractivity contribution in [2.24, 2.45) is 7.05 Å². The zero-order valence-corrected chi connectivity index (χ0v) is 18.0. The first kappa shape index (κ1) is 19.3. The van der Waals surface area contributed by atoms with Crippen LogP contribution in [-0.4, -0.2) is 54.4 Å². The first-order chi connectivity index (χ1) is 14.6. The molecule has 3 aromatic heterocycles. The summed E-state index contributed by atoms with van der Waals surface area (Å²) in [7, 11) is 1.74. The molecule has 5 rings (SSSR count). The summed E-state index contributed by atoms with van der Waals surface area (Å²) in [5.74, 6) is 0.720. The van der Waals surface area contributed by atoms with Crippen molar-refractivity contribution < 1.29 is 4.79 Å². The Balaban J connectivity index is 1.20. The molecule has 8 nitrogen and oxygen atoms in total. The van der Waals surface area contributed by atoms with Gasteiger partial charge in [-0.3, -0.25) is 14.3 Å². The third-order valence-corrected chi connectivity index (χ3v) is 7.48. The number of nitrogens with zero attached hydrogens (tertiary/aromatic N) is 5. The average molecular weight is 441 g/mol. The van der Waals surface area contributed by atoms with Crippen LogP contribution >= 0.6 is 23.1 Å². The minimum atomic E-state index is -0.236. The lowest BCUT2D eigenvalue weighted by Gasteiger charge is -2.31. The second kappa shape index (κ2) is 7.84. The van der Waals surface area contributed by atoms with E-state index in [0.29, 0.717) is 22.1 Å². The van der Waals surface area contributed by atoms with Crippen LogP contribution in [0.5, 0.6) is 0 Å². The zero-order chi connectivity index (χ0) is 20.7. The highest BCUT2D eigenvalue weighted by atomic mass is 32.2. The maximum absolute atomic E-state index is 12.7. The number of fused-ring (bicyclic) bond motifs is 2. The molecule has 0 saturated carbocycles. The van der Waals surface area contributed by atoms with Gasteiger partial charge in [0.15, 0.2) is 10.8 Å². The number of thiazole rings is 1. The third-order valence-electron chi connectivity index (χ3n) is 5.42. The van der Waals surface area contributed by atoms with Crippen molar-refractivity contribution in [3.63, 3.8) is 0 Å². The summed E-state index contributed by atoms with van der Waals surface area (Å²) < 4.78 is 2.78. The van der Waals surface area contributed by atoms with Gasteiger partial charge in [-0.05, 0) is 25.0 Å². The number of carbonyl (C=O) groups is 1. The number of H-pyrrole nitrogens is 1. The third kappa shape index (κ3) is 3.61. The van der Waals surface area contributed by atoms with Crippen molar-refractivity contribution in [1.82, 2.24) is 29.6 Å². The number of hydrogen-bond acceptors (Lipinski definition) is 7. The molecular weight excluding hydrogens is 420 g/mol. The number of nitrogens with one attached hydrogen (secondary N) is 1. The van der Waals surface area contributed by atoms with Crippen LogP contribution in [0.25, 0.3) is 21.3 Å². The Hall–Kier alpha value is -2.72. The molecule has 0 unspecified atom stereocenters. The molecule has 1 amide bonds. The van der Waals surface area contributed by atoms with Gasteiger partial charge < -0.3 is 9.88 Å². The number of carbonyl (C=O) groups excluding carboxylic acids is 1. The highest BCUT2D eigenvalue weighted by molar-refractivity contribution is 7.99. The van der Waals surface area contributed by atoms with Gasteiger partial charge in [-0.25, -0.2) is 9.97 Å². The van der Waals surface area contributed by atoms with Crippen LogP contribution in [0.3, 0.4) is 0 Å². The summed E-state index contributed by atoms with van der Waals surface area (Å²) >= 11 is 3.01. The van der Waals surface area contributed by atoms with Gasteiger partial charge in [0.1, 0.15) is 5.39 Å². The maximum Gasteiger partial charge on any atom is 0.262 e. The largest absolute Gasteiger partial charge is 0.342 e. The van der Waals surface area contributed by atoms with E-state index < -0.39 is 0 Å². The number of piperidine rings is 1. The smallest absolute Gasteiger partial charge is 0.262 e. The van der Waals surface area contributed by atoms with Gasteiger partial charge in [0.05, 0.1) is 27.2 Å². The van der Waals surface area contributed by atoms with E-state index in [0.717, 1.165) is 31.4 Å². The number of thioether (sulfide) groups is 1. The molecule has 1 aliphatic heterocycles. The van der Waals surface area contributed by atoms with Crippen molar-refractivity contribution in [3.8, 4) is 0 Å². The Labute approximate surface area is 180 Å². The summed E-state index contributed by atoms with van der Waals surface area (Å²) in [5.41, 5.74) is 1.34. The quantitative estimate of drug-likeness (QED) is 0.387. The second-order valence-electron chi connectivity index (χ2n) is 7.34. The molecule has 1 saturated heterocycles. The minimum absolute atomic E-state index is 0.0653. The Bertz CT molecular complexity index is 1250. The number of amides is 1. The first-order valence-electron chi connectivity index (χ1n) is 9.76.